The third kappa shape index (κ3) is 30.5. The summed E-state index contributed by atoms with van der Waals surface area (Å²) in [6.07, 6.45) is 29.3. The first-order valence-corrected chi connectivity index (χ1v) is 19.9. The van der Waals surface area contributed by atoms with Crippen molar-refractivity contribution in [2.75, 3.05) is 40.9 Å². The molecule has 0 rings (SSSR count). The Hall–Kier alpha value is -1.32. The number of hydrogen-bond donors (Lipinski definition) is 4. The second kappa shape index (κ2) is 29.6. The molecule has 0 aromatic heterocycles. The Morgan fingerprint density at radius 1 is 0.723 bits per heavy atom. The molecule has 4 unspecified atom stereocenters. The molecule has 0 aliphatic heterocycles. The predicted octanol–water partition coefficient (Wildman–Crippen LogP) is 8.15. The van der Waals surface area contributed by atoms with Gasteiger partial charge >= 0.3 is 7.82 Å². The number of aliphatic hydroxyl groups excluding tert-OH is 2. The van der Waals surface area contributed by atoms with E-state index in [0.29, 0.717) is 30.3 Å². The van der Waals surface area contributed by atoms with Crippen LogP contribution in [0.1, 0.15) is 136 Å². The molecule has 0 heterocycles. The number of allylic oxidation sites excluding steroid dienone is 6. The van der Waals surface area contributed by atoms with Gasteiger partial charge in [0, 0.05) is 6.42 Å². The summed E-state index contributed by atoms with van der Waals surface area (Å²) in [6.45, 7) is 4.45. The number of amides is 1. The maximum absolute atomic E-state index is 12.8. The molecule has 1 amide bonds. The Bertz CT molecular complexity index is 888. The highest BCUT2D eigenvalue weighted by Gasteiger charge is 2.31. The zero-order chi connectivity index (χ0) is 35.2. The number of phosphoric ester groups is 1. The van der Waals surface area contributed by atoms with Crippen molar-refractivity contribution < 1.29 is 38.0 Å². The Labute approximate surface area is 288 Å². The van der Waals surface area contributed by atoms with Crippen molar-refractivity contribution in [2.24, 2.45) is 0 Å². The largest absolute Gasteiger partial charge is 0.472 e. The molecule has 4 N–H and O–H groups in total. The minimum atomic E-state index is -4.42. The van der Waals surface area contributed by atoms with E-state index in [2.05, 4.69) is 55.6 Å². The number of aliphatic hydroxyl groups is 2. The van der Waals surface area contributed by atoms with Crippen LogP contribution in [0.4, 0.5) is 0 Å². The molecule has 0 aliphatic carbocycles. The first-order chi connectivity index (χ1) is 22.4. The van der Waals surface area contributed by atoms with E-state index in [0.717, 1.165) is 64.2 Å². The van der Waals surface area contributed by atoms with E-state index < -0.39 is 32.7 Å². The van der Waals surface area contributed by atoms with Crippen LogP contribution in [-0.2, 0) is 18.4 Å². The number of carbonyl (C=O) groups is 1. The lowest BCUT2D eigenvalue weighted by Crippen LogP contribution is -2.51. The van der Waals surface area contributed by atoms with Crippen molar-refractivity contribution >= 4 is 13.7 Å². The Balaban J connectivity index is 4.75. The summed E-state index contributed by atoms with van der Waals surface area (Å²) in [6, 6.07) is -1.06. The lowest BCUT2D eigenvalue weighted by Gasteiger charge is -2.28. The maximum atomic E-state index is 12.8. The van der Waals surface area contributed by atoms with Crippen LogP contribution in [-0.4, -0.2) is 84.6 Å². The molecule has 0 saturated carbocycles. The van der Waals surface area contributed by atoms with Gasteiger partial charge < -0.3 is 24.9 Å². The van der Waals surface area contributed by atoms with E-state index >= 15 is 0 Å². The molecule has 0 bridgehead atoms. The van der Waals surface area contributed by atoms with Gasteiger partial charge in [-0.05, 0) is 70.6 Å². The van der Waals surface area contributed by atoms with E-state index in [1.807, 2.05) is 21.1 Å². The smallest absolute Gasteiger partial charge is 0.390 e. The summed E-state index contributed by atoms with van der Waals surface area (Å²) in [7, 11) is 1.39. The number of rotatable bonds is 32. The predicted molar refractivity (Wildman–Crippen MR) is 195 cm³/mol. The van der Waals surface area contributed by atoms with Crippen LogP contribution in [0.15, 0.2) is 36.5 Å². The molecule has 0 aromatic rings. The second-order valence-electron chi connectivity index (χ2n) is 13.7. The lowest BCUT2D eigenvalue weighted by atomic mass is 10.0. The monoisotopic (exact) mass is 688 g/mol. The first kappa shape index (κ1) is 45.7. The number of nitrogens with zero attached hydrogens (tertiary/aromatic N) is 1. The zero-order valence-electron chi connectivity index (χ0n) is 30.6. The summed E-state index contributed by atoms with van der Waals surface area (Å²) in [5, 5.41) is 24.4. The lowest BCUT2D eigenvalue weighted by molar-refractivity contribution is -0.870. The van der Waals surface area contributed by atoms with E-state index in [1.54, 1.807) is 0 Å². The Morgan fingerprint density at radius 2 is 1.23 bits per heavy atom. The minimum absolute atomic E-state index is 0.0113. The van der Waals surface area contributed by atoms with Crippen LogP contribution >= 0.6 is 7.82 Å². The van der Waals surface area contributed by atoms with Crippen molar-refractivity contribution in [1.29, 1.82) is 0 Å². The highest BCUT2D eigenvalue weighted by Crippen LogP contribution is 2.43. The first-order valence-electron chi connectivity index (χ1n) is 18.4. The summed E-state index contributed by atoms with van der Waals surface area (Å²) in [5.41, 5.74) is 0. The van der Waals surface area contributed by atoms with Crippen molar-refractivity contribution in [3.8, 4) is 0 Å². The molecular weight excluding hydrogens is 615 g/mol. The maximum Gasteiger partial charge on any atom is 0.472 e. The van der Waals surface area contributed by atoms with Gasteiger partial charge in [-0.25, -0.2) is 4.57 Å². The number of nitrogens with one attached hydrogen (secondary N) is 1. The molecule has 0 aromatic carbocycles. The van der Waals surface area contributed by atoms with E-state index in [9.17, 15) is 24.5 Å². The van der Waals surface area contributed by atoms with Crippen LogP contribution in [0.3, 0.4) is 0 Å². The number of hydrogen-bond acceptors (Lipinski definition) is 6. The summed E-state index contributed by atoms with van der Waals surface area (Å²) in [5.74, 6) is -0.287. The molecule has 47 heavy (non-hydrogen) atoms. The highest BCUT2D eigenvalue weighted by atomic mass is 31.2. The third-order valence-corrected chi connectivity index (χ3v) is 8.91. The minimum Gasteiger partial charge on any atom is -0.390 e. The molecule has 276 valence electrons. The Kier molecular flexibility index (Phi) is 28.8. The molecule has 0 spiro atoms. The summed E-state index contributed by atoms with van der Waals surface area (Å²) >= 11 is 0. The fraction of sp³-hybridized carbons (Fsp3) is 0.811. The Morgan fingerprint density at radius 3 is 1.83 bits per heavy atom. The topological polar surface area (TPSA) is 125 Å². The average Bonchev–Trinajstić information content (AvgIpc) is 3.01. The molecule has 0 aliphatic rings. The fourth-order valence-corrected chi connectivity index (χ4v) is 5.58. The van der Waals surface area contributed by atoms with Gasteiger partial charge in [-0.1, -0.05) is 95.2 Å². The van der Waals surface area contributed by atoms with E-state index in [1.165, 1.54) is 32.1 Å². The number of phosphoric acid groups is 1. The van der Waals surface area contributed by atoms with Crippen molar-refractivity contribution in [2.45, 2.75) is 154 Å². The number of quaternary nitrogens is 1. The van der Waals surface area contributed by atoms with Gasteiger partial charge in [-0.15, -0.1) is 0 Å². The summed E-state index contributed by atoms with van der Waals surface area (Å²) in [4.78, 5) is 23.0. The molecule has 0 fully saturated rings. The van der Waals surface area contributed by atoms with Gasteiger partial charge in [-0.3, -0.25) is 13.8 Å². The highest BCUT2D eigenvalue weighted by molar-refractivity contribution is 7.47. The number of unbranched alkanes of at least 4 members (excludes halogenated alkanes) is 12. The van der Waals surface area contributed by atoms with Crippen molar-refractivity contribution in [1.82, 2.24) is 5.32 Å². The van der Waals surface area contributed by atoms with E-state index in [4.69, 9.17) is 9.05 Å². The average molecular weight is 688 g/mol. The van der Waals surface area contributed by atoms with Crippen molar-refractivity contribution in [3.05, 3.63) is 36.5 Å². The third-order valence-electron chi connectivity index (χ3n) is 7.93. The van der Waals surface area contributed by atoms with Crippen molar-refractivity contribution in [3.63, 3.8) is 0 Å². The van der Waals surface area contributed by atoms with Crippen LogP contribution in [0.2, 0.25) is 0 Å². The zero-order valence-corrected chi connectivity index (χ0v) is 31.5. The molecule has 10 heteroatoms. The van der Waals surface area contributed by atoms with Gasteiger partial charge in [0.15, 0.2) is 0 Å². The van der Waals surface area contributed by atoms with Gasteiger partial charge in [-0.2, -0.15) is 0 Å². The van der Waals surface area contributed by atoms with E-state index in [-0.39, 0.29) is 18.9 Å². The van der Waals surface area contributed by atoms with Gasteiger partial charge in [0.05, 0.1) is 39.9 Å². The van der Waals surface area contributed by atoms with Gasteiger partial charge in [0.1, 0.15) is 19.3 Å². The number of carbonyl (C=O) groups excluding carboxylic acids is 1. The molecule has 0 radical (unpaired) electrons. The molecule has 0 saturated heterocycles. The van der Waals surface area contributed by atoms with Crippen LogP contribution < -0.4 is 5.32 Å². The quantitative estimate of drug-likeness (QED) is 0.0243. The molecule has 4 atom stereocenters. The summed E-state index contributed by atoms with van der Waals surface area (Å²) < 4.78 is 23.3. The number of likely N-dealkylation sites (N-methyl/N-ethyl adjacent to an activating group) is 1. The van der Waals surface area contributed by atoms with Gasteiger partial charge in [0.25, 0.3) is 0 Å². The van der Waals surface area contributed by atoms with Crippen LogP contribution in [0.5, 0.6) is 0 Å². The standard InChI is InChI=1S/C37H71N2O7P/c1-6-8-10-12-14-16-18-20-21-23-25-27-29-35(40)37(42)34(33-46-47(43,44)45-32-31-39(3,4)5)38-36(41)30-28-26-24-22-19-17-15-13-11-9-7-2/h13-16,21,23,34-35,37,40,42H,6-12,17-20,22,24-33H2,1-5H3,(H-,38,41,43,44)/p+1/b15-13-,16-14+,23-21+. The second-order valence-corrected chi connectivity index (χ2v) is 15.2. The molecular formula is C37H72N2O7P+. The fourth-order valence-electron chi connectivity index (χ4n) is 4.84. The normalized spacial score (nSPS) is 15.8. The van der Waals surface area contributed by atoms with Crippen LogP contribution in [0, 0.1) is 0 Å². The SMILES string of the molecule is CCCC/C=C\CCCCCCCC(=O)NC(COP(=O)(O)OCC[N+](C)(C)C)C(O)C(O)CCC/C=C/CC/C=C/CCCCC. The molecule has 9 nitrogen and oxygen atoms in total. The van der Waals surface area contributed by atoms with Gasteiger partial charge in [0.2, 0.25) is 5.91 Å². The van der Waals surface area contributed by atoms with Crippen LogP contribution in [0.25, 0.3) is 0 Å².